The molecule has 2 aromatic carbocycles. The molecule has 0 spiro atoms. The first-order valence-corrected chi connectivity index (χ1v) is 11.4. The molecule has 0 radical (unpaired) electrons. The van der Waals surface area contributed by atoms with Gasteiger partial charge in [0.25, 0.3) is 5.91 Å². The maximum atomic E-state index is 12.5. The number of nitrogens with zero attached hydrogens (tertiary/aromatic N) is 2. The zero-order valence-corrected chi connectivity index (χ0v) is 18.8. The third-order valence-electron chi connectivity index (χ3n) is 5.48. The number of nitrogens with one attached hydrogen (secondary N) is 1. The van der Waals surface area contributed by atoms with Crippen LogP contribution in [0, 0.1) is 0 Å². The Morgan fingerprint density at radius 3 is 2.41 bits per heavy atom. The van der Waals surface area contributed by atoms with Gasteiger partial charge >= 0.3 is 0 Å². The number of benzene rings is 2. The van der Waals surface area contributed by atoms with E-state index in [1.807, 2.05) is 23.1 Å². The molecular formula is C26H33N3O3. The molecule has 1 aliphatic heterocycles. The van der Waals surface area contributed by atoms with Crippen LogP contribution >= 0.6 is 0 Å². The minimum atomic E-state index is -0.247. The predicted octanol–water partition coefficient (Wildman–Crippen LogP) is 3.45. The van der Waals surface area contributed by atoms with Crippen molar-refractivity contribution < 1.29 is 14.3 Å². The van der Waals surface area contributed by atoms with Gasteiger partial charge < -0.3 is 15.0 Å². The van der Waals surface area contributed by atoms with E-state index in [0.717, 1.165) is 38.2 Å². The molecule has 1 aliphatic rings. The number of ether oxygens (including phenoxy) is 1. The standard InChI is InChI=1S/C26H33N3O3/c1-2-3-20-32-24-13-11-23(12-14-24)26(31)27-21-25(30)29-18-16-28(17-19-29)15-7-10-22-8-5-4-6-9-22/h4-14H,2-3,15-21H2,1H3,(H,27,31)/b10-7+. The molecule has 0 saturated carbocycles. The van der Waals surface area contributed by atoms with Crippen LogP contribution in [0.1, 0.15) is 35.7 Å². The van der Waals surface area contributed by atoms with E-state index in [-0.39, 0.29) is 18.4 Å². The highest BCUT2D eigenvalue weighted by atomic mass is 16.5. The largest absolute Gasteiger partial charge is 0.494 e. The first-order valence-electron chi connectivity index (χ1n) is 11.4. The van der Waals surface area contributed by atoms with E-state index in [2.05, 4.69) is 41.4 Å². The molecule has 1 fully saturated rings. The number of hydrogen-bond acceptors (Lipinski definition) is 4. The number of rotatable bonds is 10. The smallest absolute Gasteiger partial charge is 0.251 e. The summed E-state index contributed by atoms with van der Waals surface area (Å²) in [5.41, 5.74) is 1.71. The summed E-state index contributed by atoms with van der Waals surface area (Å²) in [6.45, 7) is 6.69. The molecule has 1 saturated heterocycles. The van der Waals surface area contributed by atoms with Crippen molar-refractivity contribution >= 4 is 17.9 Å². The number of amides is 2. The van der Waals surface area contributed by atoms with Crippen LogP contribution in [0.3, 0.4) is 0 Å². The SMILES string of the molecule is CCCCOc1ccc(C(=O)NCC(=O)N2CCN(C/C=C/c3ccccc3)CC2)cc1. The zero-order valence-electron chi connectivity index (χ0n) is 18.8. The van der Waals surface area contributed by atoms with E-state index in [0.29, 0.717) is 25.3 Å². The van der Waals surface area contributed by atoms with Crippen LogP contribution in [0.2, 0.25) is 0 Å². The summed E-state index contributed by atoms with van der Waals surface area (Å²) in [5, 5.41) is 2.74. The lowest BCUT2D eigenvalue weighted by atomic mass is 10.2. The second-order valence-corrected chi connectivity index (χ2v) is 7.90. The van der Waals surface area contributed by atoms with Crippen molar-refractivity contribution in [1.29, 1.82) is 0 Å². The van der Waals surface area contributed by atoms with Crippen LogP contribution in [0.5, 0.6) is 5.75 Å². The number of piperazine rings is 1. The van der Waals surface area contributed by atoms with Gasteiger partial charge in [-0.15, -0.1) is 0 Å². The lowest BCUT2D eigenvalue weighted by Crippen LogP contribution is -2.51. The highest BCUT2D eigenvalue weighted by molar-refractivity contribution is 5.96. The van der Waals surface area contributed by atoms with Gasteiger partial charge in [-0.2, -0.15) is 0 Å². The Morgan fingerprint density at radius 1 is 1.00 bits per heavy atom. The van der Waals surface area contributed by atoms with Crippen LogP contribution < -0.4 is 10.1 Å². The summed E-state index contributed by atoms with van der Waals surface area (Å²) >= 11 is 0. The van der Waals surface area contributed by atoms with E-state index in [9.17, 15) is 9.59 Å². The quantitative estimate of drug-likeness (QED) is 0.581. The minimum absolute atomic E-state index is 0.0154. The predicted molar refractivity (Wildman–Crippen MR) is 128 cm³/mol. The summed E-state index contributed by atoms with van der Waals surface area (Å²) in [6.07, 6.45) is 6.36. The Balaban J connectivity index is 1.35. The van der Waals surface area contributed by atoms with Crippen molar-refractivity contribution in [3.63, 3.8) is 0 Å². The molecule has 170 valence electrons. The van der Waals surface area contributed by atoms with Crippen LogP contribution in [0.25, 0.3) is 6.08 Å². The number of unbranched alkanes of at least 4 members (excludes halogenated alkanes) is 1. The summed E-state index contributed by atoms with van der Waals surface area (Å²) in [6, 6.07) is 17.3. The monoisotopic (exact) mass is 435 g/mol. The lowest BCUT2D eigenvalue weighted by Gasteiger charge is -2.34. The molecule has 6 nitrogen and oxygen atoms in total. The maximum absolute atomic E-state index is 12.5. The summed E-state index contributed by atoms with van der Waals surface area (Å²) in [4.78, 5) is 29.0. The maximum Gasteiger partial charge on any atom is 0.251 e. The third kappa shape index (κ3) is 7.54. The van der Waals surface area contributed by atoms with Gasteiger partial charge in [0.2, 0.25) is 5.91 Å². The summed E-state index contributed by atoms with van der Waals surface area (Å²) in [5.74, 6) is 0.461. The van der Waals surface area contributed by atoms with Crippen molar-refractivity contribution in [3.8, 4) is 5.75 Å². The van der Waals surface area contributed by atoms with Crippen LogP contribution in [0.15, 0.2) is 60.7 Å². The normalized spacial score (nSPS) is 14.5. The fourth-order valence-electron chi connectivity index (χ4n) is 3.49. The van der Waals surface area contributed by atoms with Crippen molar-refractivity contribution in [2.75, 3.05) is 45.9 Å². The topological polar surface area (TPSA) is 61.9 Å². The van der Waals surface area contributed by atoms with Gasteiger partial charge in [0.15, 0.2) is 0 Å². The Hall–Kier alpha value is -3.12. The second-order valence-electron chi connectivity index (χ2n) is 7.90. The molecular weight excluding hydrogens is 402 g/mol. The fraction of sp³-hybridized carbons (Fsp3) is 0.385. The van der Waals surface area contributed by atoms with E-state index in [4.69, 9.17) is 4.74 Å². The summed E-state index contributed by atoms with van der Waals surface area (Å²) in [7, 11) is 0. The number of carbonyl (C=O) groups excluding carboxylic acids is 2. The van der Waals surface area contributed by atoms with E-state index >= 15 is 0 Å². The summed E-state index contributed by atoms with van der Waals surface area (Å²) < 4.78 is 5.61. The second kappa shape index (κ2) is 12.7. The molecule has 3 rings (SSSR count). The average Bonchev–Trinajstić information content (AvgIpc) is 2.84. The van der Waals surface area contributed by atoms with Gasteiger partial charge in [0.05, 0.1) is 13.2 Å². The molecule has 1 N–H and O–H groups in total. The Bertz CT molecular complexity index is 873. The Labute approximate surface area is 190 Å². The molecule has 2 amide bonds. The van der Waals surface area contributed by atoms with Crippen molar-refractivity contribution in [1.82, 2.24) is 15.1 Å². The lowest BCUT2D eigenvalue weighted by molar-refractivity contribution is -0.131. The average molecular weight is 436 g/mol. The fourth-order valence-corrected chi connectivity index (χ4v) is 3.49. The molecule has 0 aromatic heterocycles. The van der Waals surface area contributed by atoms with Gasteiger partial charge in [-0.1, -0.05) is 55.8 Å². The first-order chi connectivity index (χ1) is 15.7. The molecule has 0 atom stereocenters. The van der Waals surface area contributed by atoms with Gasteiger partial charge in [-0.05, 0) is 36.2 Å². The van der Waals surface area contributed by atoms with E-state index < -0.39 is 0 Å². The molecule has 32 heavy (non-hydrogen) atoms. The van der Waals surface area contributed by atoms with E-state index in [1.54, 1.807) is 24.3 Å². The van der Waals surface area contributed by atoms with E-state index in [1.165, 1.54) is 5.56 Å². The third-order valence-corrected chi connectivity index (χ3v) is 5.48. The minimum Gasteiger partial charge on any atom is -0.494 e. The number of carbonyl (C=O) groups is 2. The Kier molecular flexibility index (Phi) is 9.32. The molecule has 0 bridgehead atoms. The van der Waals surface area contributed by atoms with Crippen LogP contribution in [-0.4, -0.2) is 67.5 Å². The van der Waals surface area contributed by atoms with Crippen molar-refractivity contribution in [3.05, 3.63) is 71.8 Å². The highest BCUT2D eigenvalue weighted by Crippen LogP contribution is 2.13. The molecule has 0 unspecified atom stereocenters. The molecule has 2 aromatic rings. The van der Waals surface area contributed by atoms with Crippen molar-refractivity contribution in [2.24, 2.45) is 0 Å². The van der Waals surface area contributed by atoms with Gasteiger partial charge in [0.1, 0.15) is 5.75 Å². The van der Waals surface area contributed by atoms with Crippen molar-refractivity contribution in [2.45, 2.75) is 19.8 Å². The van der Waals surface area contributed by atoms with Crippen LogP contribution in [-0.2, 0) is 4.79 Å². The van der Waals surface area contributed by atoms with Gasteiger partial charge in [-0.25, -0.2) is 0 Å². The van der Waals surface area contributed by atoms with Gasteiger partial charge in [-0.3, -0.25) is 14.5 Å². The molecule has 6 heteroatoms. The number of hydrogen-bond donors (Lipinski definition) is 1. The Morgan fingerprint density at radius 2 is 1.72 bits per heavy atom. The zero-order chi connectivity index (χ0) is 22.6. The molecule has 0 aliphatic carbocycles. The van der Waals surface area contributed by atoms with Gasteiger partial charge in [0, 0.05) is 38.3 Å². The van der Waals surface area contributed by atoms with Crippen LogP contribution in [0.4, 0.5) is 0 Å². The first kappa shape index (κ1) is 23.5. The molecule has 1 heterocycles. The highest BCUT2D eigenvalue weighted by Gasteiger charge is 2.20.